The van der Waals surface area contributed by atoms with Gasteiger partial charge in [0, 0.05) is 33.8 Å². The van der Waals surface area contributed by atoms with Crippen LogP contribution < -0.4 is 10.1 Å². The van der Waals surface area contributed by atoms with Gasteiger partial charge in [0.1, 0.15) is 23.5 Å². The van der Waals surface area contributed by atoms with Gasteiger partial charge in [-0.2, -0.15) is 0 Å². The molecular formula is C24H22BrFN2O2. The highest BCUT2D eigenvalue weighted by molar-refractivity contribution is 9.10. The number of hydrogen-bond donors (Lipinski definition) is 2. The first-order valence-corrected chi connectivity index (χ1v) is 10.6. The Balaban J connectivity index is 1.75. The summed E-state index contributed by atoms with van der Waals surface area (Å²) < 4.78 is 20.9. The fraction of sp³-hybridized carbons (Fsp3) is 0.208. The molecule has 0 saturated carbocycles. The molecule has 0 amide bonds. The number of phenols is 1. The highest BCUT2D eigenvalue weighted by Crippen LogP contribution is 2.36. The maximum Gasteiger partial charge on any atom is 0.129 e. The van der Waals surface area contributed by atoms with Gasteiger partial charge >= 0.3 is 0 Å². The molecule has 2 atom stereocenters. The Kier molecular flexibility index (Phi) is 6.16. The third kappa shape index (κ3) is 4.40. The summed E-state index contributed by atoms with van der Waals surface area (Å²) in [5, 5.41) is 13.9. The summed E-state index contributed by atoms with van der Waals surface area (Å²) in [5.74, 6) is 0.669. The van der Waals surface area contributed by atoms with Crippen LogP contribution in [0.1, 0.15) is 42.2 Å². The molecule has 0 fully saturated rings. The molecule has 2 N–H and O–H groups in total. The maximum atomic E-state index is 14.5. The van der Waals surface area contributed by atoms with E-state index in [1.165, 1.54) is 6.07 Å². The smallest absolute Gasteiger partial charge is 0.129 e. The number of benzene rings is 3. The Labute approximate surface area is 183 Å². The molecule has 154 valence electrons. The van der Waals surface area contributed by atoms with Crippen LogP contribution in [0.4, 0.5) is 4.39 Å². The molecule has 0 aromatic heterocycles. The Morgan fingerprint density at radius 1 is 1.10 bits per heavy atom. The zero-order valence-corrected chi connectivity index (χ0v) is 18.1. The van der Waals surface area contributed by atoms with Crippen molar-refractivity contribution in [3.63, 3.8) is 0 Å². The minimum absolute atomic E-state index is 0.191. The molecule has 1 aliphatic heterocycles. The molecule has 0 unspecified atom stereocenters. The van der Waals surface area contributed by atoms with Gasteiger partial charge in [-0.15, -0.1) is 0 Å². The lowest BCUT2D eigenvalue weighted by atomic mass is 9.93. The van der Waals surface area contributed by atoms with Crippen molar-refractivity contribution in [2.24, 2.45) is 4.99 Å². The number of halogens is 2. The zero-order chi connectivity index (χ0) is 21.1. The van der Waals surface area contributed by atoms with E-state index in [0.717, 1.165) is 27.1 Å². The van der Waals surface area contributed by atoms with Gasteiger partial charge < -0.3 is 9.84 Å². The molecular weight excluding hydrogens is 447 g/mol. The summed E-state index contributed by atoms with van der Waals surface area (Å²) in [7, 11) is 0. The van der Waals surface area contributed by atoms with Crippen LogP contribution in [-0.4, -0.2) is 17.4 Å². The van der Waals surface area contributed by atoms with Crippen LogP contribution in [-0.2, 0) is 0 Å². The lowest BCUT2D eigenvalue weighted by Gasteiger charge is -2.31. The summed E-state index contributed by atoms with van der Waals surface area (Å²) in [6, 6.07) is 19.5. The molecule has 4 nitrogen and oxygen atoms in total. The minimum Gasteiger partial charge on any atom is -0.508 e. The Hall–Kier alpha value is -2.70. The Morgan fingerprint density at radius 3 is 2.60 bits per heavy atom. The van der Waals surface area contributed by atoms with E-state index >= 15 is 0 Å². The van der Waals surface area contributed by atoms with Crippen molar-refractivity contribution in [2.45, 2.75) is 25.6 Å². The van der Waals surface area contributed by atoms with Crippen molar-refractivity contribution < 1.29 is 14.2 Å². The van der Waals surface area contributed by atoms with E-state index in [4.69, 9.17) is 9.73 Å². The molecule has 3 aromatic carbocycles. The molecule has 0 saturated heterocycles. The van der Waals surface area contributed by atoms with Crippen molar-refractivity contribution in [3.8, 4) is 11.5 Å². The van der Waals surface area contributed by atoms with Crippen LogP contribution in [0.3, 0.4) is 0 Å². The van der Waals surface area contributed by atoms with Gasteiger partial charge in [0.2, 0.25) is 0 Å². The molecule has 1 heterocycles. The van der Waals surface area contributed by atoms with Crippen molar-refractivity contribution in [1.29, 1.82) is 0 Å². The van der Waals surface area contributed by atoms with Gasteiger partial charge in [-0.25, -0.2) is 4.39 Å². The monoisotopic (exact) mass is 468 g/mol. The number of nitrogens with one attached hydrogen (secondary N) is 1. The molecule has 3 aromatic rings. The number of hydrogen-bond acceptors (Lipinski definition) is 4. The molecule has 0 radical (unpaired) electrons. The summed E-state index contributed by atoms with van der Waals surface area (Å²) in [5.41, 5.74) is 3.00. The summed E-state index contributed by atoms with van der Waals surface area (Å²) in [4.78, 5) is 4.82. The quantitative estimate of drug-likeness (QED) is 0.488. The van der Waals surface area contributed by atoms with E-state index in [2.05, 4.69) is 21.2 Å². The first kappa shape index (κ1) is 20.6. The van der Waals surface area contributed by atoms with Crippen molar-refractivity contribution in [2.75, 3.05) is 6.61 Å². The van der Waals surface area contributed by atoms with Gasteiger partial charge in [-0.1, -0.05) is 34.1 Å². The number of nitrogens with zero attached hydrogens (tertiary/aromatic N) is 1. The predicted molar refractivity (Wildman–Crippen MR) is 120 cm³/mol. The summed E-state index contributed by atoms with van der Waals surface area (Å²) >= 11 is 3.47. The summed E-state index contributed by atoms with van der Waals surface area (Å²) in [6.07, 6.45) is -0.00643. The average Bonchev–Trinajstić information content (AvgIpc) is 2.76. The second-order valence-electron chi connectivity index (χ2n) is 7.08. The summed E-state index contributed by atoms with van der Waals surface area (Å²) in [6.45, 7) is 2.54. The van der Waals surface area contributed by atoms with Crippen LogP contribution in [0.25, 0.3) is 0 Å². The van der Waals surface area contributed by atoms with E-state index < -0.39 is 6.17 Å². The lowest BCUT2D eigenvalue weighted by Crippen LogP contribution is -2.33. The van der Waals surface area contributed by atoms with E-state index in [1.54, 1.807) is 30.3 Å². The second kappa shape index (κ2) is 8.98. The number of ether oxygens (including phenoxy) is 1. The molecule has 6 heteroatoms. The molecule has 1 aliphatic rings. The van der Waals surface area contributed by atoms with Crippen LogP contribution in [0.5, 0.6) is 11.5 Å². The standard InChI is InChI=1S/C24H22BrFN2O2/c1-2-30-17-10-7-15(8-11-17)21-14-22(19-13-16(25)9-12-23(19)29)28-24(27-21)18-5-3-4-6-20(18)26/h3-13,22,24,28-29H,2,14H2,1H3/t22-,24+/m1/s1. The van der Waals surface area contributed by atoms with Crippen molar-refractivity contribution in [1.82, 2.24) is 5.32 Å². The van der Waals surface area contributed by atoms with Gasteiger partial charge in [-0.05, 0) is 61.0 Å². The SMILES string of the molecule is CCOc1ccc(C2=N[C@H](c3ccccc3F)N[C@@H](c3cc(Br)ccc3O)C2)cc1. The fourth-order valence-corrected chi connectivity index (χ4v) is 4.03. The van der Waals surface area contributed by atoms with Crippen LogP contribution >= 0.6 is 15.9 Å². The van der Waals surface area contributed by atoms with Gasteiger partial charge in [0.15, 0.2) is 0 Å². The Bertz CT molecular complexity index is 1070. The van der Waals surface area contributed by atoms with E-state index in [1.807, 2.05) is 37.3 Å². The molecule has 30 heavy (non-hydrogen) atoms. The Morgan fingerprint density at radius 2 is 1.87 bits per heavy atom. The second-order valence-corrected chi connectivity index (χ2v) is 8.00. The van der Waals surface area contributed by atoms with Gasteiger partial charge in [-0.3, -0.25) is 10.3 Å². The molecule has 4 rings (SSSR count). The normalized spacial score (nSPS) is 18.7. The third-order valence-electron chi connectivity index (χ3n) is 5.10. The van der Waals surface area contributed by atoms with Crippen LogP contribution in [0.15, 0.2) is 76.2 Å². The van der Waals surface area contributed by atoms with E-state index in [-0.39, 0.29) is 17.6 Å². The van der Waals surface area contributed by atoms with Gasteiger partial charge in [0.25, 0.3) is 0 Å². The fourth-order valence-electron chi connectivity index (χ4n) is 3.65. The topological polar surface area (TPSA) is 53.8 Å². The highest BCUT2D eigenvalue weighted by atomic mass is 79.9. The first-order chi connectivity index (χ1) is 14.5. The number of aliphatic imine (C=N–C) groups is 1. The number of aromatic hydroxyl groups is 1. The zero-order valence-electron chi connectivity index (χ0n) is 16.5. The molecule has 0 bridgehead atoms. The lowest BCUT2D eigenvalue weighted by molar-refractivity contribution is 0.340. The average molecular weight is 469 g/mol. The van der Waals surface area contributed by atoms with E-state index in [0.29, 0.717) is 18.6 Å². The molecule has 0 spiro atoms. The third-order valence-corrected chi connectivity index (χ3v) is 5.60. The van der Waals surface area contributed by atoms with Crippen molar-refractivity contribution >= 4 is 21.6 Å². The number of rotatable bonds is 5. The predicted octanol–water partition coefficient (Wildman–Crippen LogP) is 5.92. The van der Waals surface area contributed by atoms with E-state index in [9.17, 15) is 9.50 Å². The maximum absolute atomic E-state index is 14.5. The molecule has 0 aliphatic carbocycles. The minimum atomic E-state index is -0.565. The van der Waals surface area contributed by atoms with Gasteiger partial charge in [0.05, 0.1) is 6.61 Å². The van der Waals surface area contributed by atoms with Crippen LogP contribution in [0, 0.1) is 5.82 Å². The van der Waals surface area contributed by atoms with Crippen LogP contribution in [0.2, 0.25) is 0 Å². The highest BCUT2D eigenvalue weighted by Gasteiger charge is 2.29. The largest absolute Gasteiger partial charge is 0.508 e. The number of phenolic OH excluding ortho intramolecular Hbond substituents is 1. The first-order valence-electron chi connectivity index (χ1n) is 9.84. The van der Waals surface area contributed by atoms with Crippen molar-refractivity contribution in [3.05, 3.63) is 93.7 Å².